The minimum atomic E-state index is -0.190. The van der Waals surface area contributed by atoms with Gasteiger partial charge in [0.1, 0.15) is 11.6 Å². The number of alkyl halides is 1. The molecule has 0 spiro atoms. The summed E-state index contributed by atoms with van der Waals surface area (Å²) in [5.74, 6) is 0.921. The van der Waals surface area contributed by atoms with Gasteiger partial charge in [-0.3, -0.25) is 0 Å². The molecule has 0 saturated heterocycles. The Kier molecular flexibility index (Phi) is 3.66. The van der Waals surface area contributed by atoms with E-state index in [9.17, 15) is 4.39 Å². The van der Waals surface area contributed by atoms with E-state index in [1.54, 1.807) is 13.0 Å². The van der Waals surface area contributed by atoms with Crippen LogP contribution in [0.2, 0.25) is 0 Å². The van der Waals surface area contributed by atoms with E-state index in [1.807, 2.05) is 24.3 Å². The first-order valence-electron chi connectivity index (χ1n) is 6.78. The molecule has 0 bridgehead atoms. The molecule has 1 aliphatic heterocycles. The molecule has 1 heterocycles. The van der Waals surface area contributed by atoms with E-state index in [0.717, 1.165) is 23.3 Å². The largest absolute Gasteiger partial charge is 0.493 e. The molecule has 0 amide bonds. The first-order valence-corrected chi connectivity index (χ1v) is 7.22. The summed E-state index contributed by atoms with van der Waals surface area (Å²) in [7, 11) is 0. The SMILES string of the molecule is Cc1cc(C(Cl)C2CCOc3ccccc32)ccc1F. The van der Waals surface area contributed by atoms with E-state index in [2.05, 4.69) is 6.07 Å². The number of aryl methyl sites for hydroxylation is 1. The fourth-order valence-corrected chi connectivity index (χ4v) is 3.14. The highest BCUT2D eigenvalue weighted by Gasteiger charge is 2.28. The lowest BCUT2D eigenvalue weighted by atomic mass is 9.86. The fourth-order valence-electron chi connectivity index (χ4n) is 2.75. The van der Waals surface area contributed by atoms with Crippen LogP contribution in [0.15, 0.2) is 42.5 Å². The summed E-state index contributed by atoms with van der Waals surface area (Å²) in [6.45, 7) is 2.44. The zero-order valence-electron chi connectivity index (χ0n) is 11.3. The van der Waals surface area contributed by atoms with Gasteiger partial charge in [0.15, 0.2) is 0 Å². The Morgan fingerprint density at radius 3 is 2.85 bits per heavy atom. The predicted molar refractivity (Wildman–Crippen MR) is 79.0 cm³/mol. The number of halogens is 2. The molecule has 1 aliphatic rings. The zero-order valence-corrected chi connectivity index (χ0v) is 12.0. The van der Waals surface area contributed by atoms with E-state index < -0.39 is 0 Å². The van der Waals surface area contributed by atoms with E-state index in [1.165, 1.54) is 6.07 Å². The van der Waals surface area contributed by atoms with Crippen molar-refractivity contribution in [3.05, 3.63) is 65.0 Å². The summed E-state index contributed by atoms with van der Waals surface area (Å²) in [6, 6.07) is 13.1. The van der Waals surface area contributed by atoms with E-state index in [4.69, 9.17) is 16.3 Å². The van der Waals surface area contributed by atoms with Crippen molar-refractivity contribution in [1.29, 1.82) is 0 Å². The normalized spacial score (nSPS) is 19.1. The summed E-state index contributed by atoms with van der Waals surface area (Å²) < 4.78 is 19.0. The van der Waals surface area contributed by atoms with E-state index in [-0.39, 0.29) is 17.1 Å². The highest BCUT2D eigenvalue weighted by molar-refractivity contribution is 6.21. The molecular weight excluding hydrogens is 275 g/mol. The van der Waals surface area contributed by atoms with Gasteiger partial charge in [-0.15, -0.1) is 11.6 Å². The molecule has 2 atom stereocenters. The van der Waals surface area contributed by atoms with Crippen LogP contribution in [0.5, 0.6) is 5.75 Å². The molecule has 0 N–H and O–H groups in total. The second kappa shape index (κ2) is 5.45. The zero-order chi connectivity index (χ0) is 14.1. The molecule has 3 heteroatoms. The quantitative estimate of drug-likeness (QED) is 0.709. The number of para-hydroxylation sites is 1. The van der Waals surface area contributed by atoms with Crippen molar-refractivity contribution in [1.82, 2.24) is 0 Å². The second-order valence-corrected chi connectivity index (χ2v) is 5.66. The first-order chi connectivity index (χ1) is 9.66. The van der Waals surface area contributed by atoms with Crippen molar-refractivity contribution in [2.45, 2.75) is 24.6 Å². The van der Waals surface area contributed by atoms with Gasteiger partial charge in [-0.1, -0.05) is 30.3 Å². The molecule has 2 aromatic carbocycles. The van der Waals surface area contributed by atoms with Gasteiger partial charge in [0, 0.05) is 5.92 Å². The molecule has 0 saturated carbocycles. The van der Waals surface area contributed by atoms with Crippen LogP contribution < -0.4 is 4.74 Å². The van der Waals surface area contributed by atoms with Crippen molar-refractivity contribution in [3.63, 3.8) is 0 Å². The maximum Gasteiger partial charge on any atom is 0.126 e. The van der Waals surface area contributed by atoms with Crippen LogP contribution in [0.3, 0.4) is 0 Å². The highest BCUT2D eigenvalue weighted by Crippen LogP contribution is 2.44. The molecule has 1 nitrogen and oxygen atoms in total. The Morgan fingerprint density at radius 1 is 1.25 bits per heavy atom. The lowest BCUT2D eigenvalue weighted by Gasteiger charge is -2.29. The number of rotatable bonds is 2. The number of fused-ring (bicyclic) bond motifs is 1. The number of hydrogen-bond acceptors (Lipinski definition) is 1. The first kappa shape index (κ1) is 13.4. The lowest BCUT2D eigenvalue weighted by molar-refractivity contribution is 0.265. The van der Waals surface area contributed by atoms with Crippen LogP contribution in [0.25, 0.3) is 0 Å². The van der Waals surface area contributed by atoms with Crippen LogP contribution in [0.1, 0.15) is 34.4 Å². The van der Waals surface area contributed by atoms with Gasteiger partial charge in [0.25, 0.3) is 0 Å². The van der Waals surface area contributed by atoms with Gasteiger partial charge in [-0.05, 0) is 42.2 Å². The average Bonchev–Trinajstić information content (AvgIpc) is 2.49. The maximum atomic E-state index is 13.4. The van der Waals surface area contributed by atoms with Gasteiger partial charge in [-0.25, -0.2) is 4.39 Å². The summed E-state index contributed by atoms with van der Waals surface area (Å²) in [5.41, 5.74) is 2.74. The van der Waals surface area contributed by atoms with E-state index >= 15 is 0 Å². The molecule has 3 rings (SSSR count). The maximum absolute atomic E-state index is 13.4. The summed E-state index contributed by atoms with van der Waals surface area (Å²) in [5, 5.41) is -0.167. The molecule has 0 aromatic heterocycles. The highest BCUT2D eigenvalue weighted by atomic mass is 35.5. The van der Waals surface area contributed by atoms with Crippen molar-refractivity contribution >= 4 is 11.6 Å². The third-order valence-corrected chi connectivity index (χ3v) is 4.41. The molecule has 0 fully saturated rings. The van der Waals surface area contributed by atoms with Crippen LogP contribution >= 0.6 is 11.6 Å². The van der Waals surface area contributed by atoms with Crippen molar-refractivity contribution in [2.24, 2.45) is 0 Å². The topological polar surface area (TPSA) is 9.23 Å². The summed E-state index contributed by atoms with van der Waals surface area (Å²) in [6.07, 6.45) is 0.877. The summed E-state index contributed by atoms with van der Waals surface area (Å²) >= 11 is 6.66. The smallest absolute Gasteiger partial charge is 0.126 e. The summed E-state index contributed by atoms with van der Waals surface area (Å²) in [4.78, 5) is 0. The Balaban J connectivity index is 1.95. The van der Waals surface area contributed by atoms with Crippen LogP contribution in [-0.4, -0.2) is 6.61 Å². The second-order valence-electron chi connectivity index (χ2n) is 5.19. The van der Waals surface area contributed by atoms with Crippen LogP contribution in [0, 0.1) is 12.7 Å². The monoisotopic (exact) mass is 290 g/mol. The third-order valence-electron chi connectivity index (χ3n) is 3.86. The Hall–Kier alpha value is -1.54. The van der Waals surface area contributed by atoms with Gasteiger partial charge in [-0.2, -0.15) is 0 Å². The Morgan fingerprint density at radius 2 is 2.05 bits per heavy atom. The Labute approximate surface area is 123 Å². The van der Waals surface area contributed by atoms with Gasteiger partial charge < -0.3 is 4.74 Å². The average molecular weight is 291 g/mol. The fraction of sp³-hybridized carbons (Fsp3) is 0.294. The predicted octanol–water partition coefficient (Wildman–Crippen LogP) is 4.98. The van der Waals surface area contributed by atoms with Crippen molar-refractivity contribution in [3.8, 4) is 5.75 Å². The molecule has 0 aliphatic carbocycles. The third kappa shape index (κ3) is 2.40. The van der Waals surface area contributed by atoms with Gasteiger partial charge in [0.2, 0.25) is 0 Å². The minimum absolute atomic E-state index is 0.167. The molecule has 20 heavy (non-hydrogen) atoms. The van der Waals surface area contributed by atoms with Gasteiger partial charge in [0.05, 0.1) is 12.0 Å². The number of ether oxygens (including phenoxy) is 1. The molecule has 2 unspecified atom stereocenters. The van der Waals surface area contributed by atoms with Crippen LogP contribution in [0.4, 0.5) is 4.39 Å². The molecule has 104 valence electrons. The standard InChI is InChI=1S/C17H16ClFO/c1-11-10-12(6-7-15(11)19)17(18)14-8-9-20-16-5-3-2-4-13(14)16/h2-7,10,14,17H,8-9H2,1H3. The lowest BCUT2D eigenvalue weighted by Crippen LogP contribution is -2.17. The van der Waals surface area contributed by atoms with E-state index in [0.29, 0.717) is 12.2 Å². The van der Waals surface area contributed by atoms with Crippen molar-refractivity contribution < 1.29 is 9.13 Å². The molecule has 0 radical (unpaired) electrons. The number of hydrogen-bond donors (Lipinski definition) is 0. The van der Waals surface area contributed by atoms with Gasteiger partial charge >= 0.3 is 0 Å². The van der Waals surface area contributed by atoms with Crippen LogP contribution in [-0.2, 0) is 0 Å². The Bertz CT molecular complexity index is 626. The number of benzene rings is 2. The minimum Gasteiger partial charge on any atom is -0.493 e. The molecular formula is C17H16ClFO. The molecule has 2 aromatic rings. The van der Waals surface area contributed by atoms with Crippen molar-refractivity contribution in [2.75, 3.05) is 6.61 Å².